The summed E-state index contributed by atoms with van der Waals surface area (Å²) >= 11 is 0. The van der Waals surface area contributed by atoms with Crippen molar-refractivity contribution in [2.45, 2.75) is 6.54 Å². The molecule has 2 heterocycles. The molecule has 2 aromatic heterocycles. The number of nitrogens with one attached hydrogen (secondary N) is 2. The number of amides is 1. The largest absolute Gasteiger partial charge is 0.433 e. The van der Waals surface area contributed by atoms with E-state index in [1.807, 2.05) is 0 Å². The van der Waals surface area contributed by atoms with Crippen molar-refractivity contribution in [1.29, 1.82) is 0 Å². The van der Waals surface area contributed by atoms with E-state index in [1.165, 1.54) is 6.07 Å². The van der Waals surface area contributed by atoms with Crippen molar-refractivity contribution in [3.63, 3.8) is 0 Å². The molecule has 8 heteroatoms. The van der Waals surface area contributed by atoms with Gasteiger partial charge in [-0.15, -0.1) is 0 Å². The van der Waals surface area contributed by atoms with Crippen LogP contribution in [-0.2, 0) is 6.54 Å². The second kappa shape index (κ2) is 4.47. The Morgan fingerprint density at radius 2 is 2.41 bits per heavy atom. The number of hydrogen-bond acceptors (Lipinski definition) is 5. The van der Waals surface area contributed by atoms with Crippen molar-refractivity contribution in [2.75, 3.05) is 0 Å². The molecule has 0 atom stereocenters. The standard InChI is InChI=1S/C9H8N4O4/c14-9(12-5-7-10-3-4-11-7)6-1-2-8(17-6)13(15)16/h1-4H,5H2,(H,10,11)(H,12,14). The minimum atomic E-state index is -0.705. The normalized spacial score (nSPS) is 10.1. The van der Waals surface area contributed by atoms with Gasteiger partial charge in [0.05, 0.1) is 12.6 Å². The minimum absolute atomic E-state index is 0.108. The van der Waals surface area contributed by atoms with Crippen molar-refractivity contribution >= 4 is 11.8 Å². The lowest BCUT2D eigenvalue weighted by Gasteiger charge is -1.99. The molecule has 88 valence electrons. The number of nitro groups is 1. The van der Waals surface area contributed by atoms with Crippen LogP contribution in [0.4, 0.5) is 5.88 Å². The molecule has 0 unspecified atom stereocenters. The SMILES string of the molecule is O=C(NCc1ncc[nH]1)c1ccc([N+](=O)[O-])o1. The molecule has 0 aliphatic rings. The van der Waals surface area contributed by atoms with Crippen molar-refractivity contribution in [2.24, 2.45) is 0 Å². The second-order valence-corrected chi connectivity index (χ2v) is 3.11. The van der Waals surface area contributed by atoms with Gasteiger partial charge in [0.2, 0.25) is 0 Å². The lowest BCUT2D eigenvalue weighted by Crippen LogP contribution is -2.22. The molecule has 17 heavy (non-hydrogen) atoms. The lowest BCUT2D eigenvalue weighted by molar-refractivity contribution is -0.402. The minimum Gasteiger partial charge on any atom is -0.395 e. The van der Waals surface area contributed by atoms with Crippen LogP contribution in [0.3, 0.4) is 0 Å². The quantitative estimate of drug-likeness (QED) is 0.603. The van der Waals surface area contributed by atoms with Gasteiger partial charge in [-0.05, 0) is 6.07 Å². The fourth-order valence-corrected chi connectivity index (χ4v) is 1.19. The molecular formula is C9H8N4O4. The Kier molecular flexibility index (Phi) is 2.86. The van der Waals surface area contributed by atoms with Crippen molar-refractivity contribution in [3.05, 3.63) is 46.2 Å². The van der Waals surface area contributed by atoms with Crippen LogP contribution in [0, 0.1) is 10.1 Å². The Morgan fingerprint density at radius 3 is 3.00 bits per heavy atom. The summed E-state index contributed by atoms with van der Waals surface area (Å²) in [5, 5.41) is 12.9. The first-order valence-electron chi connectivity index (χ1n) is 4.67. The summed E-state index contributed by atoms with van der Waals surface area (Å²) in [7, 11) is 0. The highest BCUT2D eigenvalue weighted by Gasteiger charge is 2.16. The molecule has 2 aromatic rings. The number of hydrogen-bond donors (Lipinski definition) is 2. The van der Waals surface area contributed by atoms with E-state index >= 15 is 0 Å². The molecule has 0 aromatic carbocycles. The number of rotatable bonds is 4. The molecule has 0 aliphatic carbocycles. The fraction of sp³-hybridized carbons (Fsp3) is 0.111. The zero-order chi connectivity index (χ0) is 12.3. The van der Waals surface area contributed by atoms with Gasteiger partial charge in [0.15, 0.2) is 5.76 Å². The predicted octanol–water partition coefficient (Wildman–Crippen LogP) is 0.841. The molecular weight excluding hydrogens is 228 g/mol. The van der Waals surface area contributed by atoms with E-state index in [4.69, 9.17) is 4.42 Å². The zero-order valence-corrected chi connectivity index (χ0v) is 8.54. The number of carbonyl (C=O) groups excluding carboxylic acids is 1. The molecule has 0 aliphatic heterocycles. The molecule has 0 spiro atoms. The van der Waals surface area contributed by atoms with Gasteiger partial charge >= 0.3 is 5.88 Å². The Morgan fingerprint density at radius 1 is 1.59 bits per heavy atom. The fourth-order valence-electron chi connectivity index (χ4n) is 1.19. The molecule has 0 radical (unpaired) electrons. The van der Waals surface area contributed by atoms with Crippen molar-refractivity contribution < 1.29 is 14.1 Å². The van der Waals surface area contributed by atoms with Crippen LogP contribution in [0.15, 0.2) is 28.9 Å². The van der Waals surface area contributed by atoms with E-state index < -0.39 is 16.7 Å². The molecule has 8 nitrogen and oxygen atoms in total. The smallest absolute Gasteiger partial charge is 0.395 e. The predicted molar refractivity (Wildman–Crippen MR) is 55.1 cm³/mol. The summed E-state index contributed by atoms with van der Waals surface area (Å²) in [4.78, 5) is 27.9. The summed E-state index contributed by atoms with van der Waals surface area (Å²) in [5.74, 6) is -0.523. The average molecular weight is 236 g/mol. The highest BCUT2D eigenvalue weighted by Crippen LogP contribution is 2.15. The number of aromatic amines is 1. The lowest BCUT2D eigenvalue weighted by atomic mass is 10.4. The Bertz CT molecular complexity index is 531. The van der Waals surface area contributed by atoms with Crippen LogP contribution in [-0.4, -0.2) is 20.8 Å². The Labute approximate surface area is 94.8 Å². The third-order valence-corrected chi connectivity index (χ3v) is 1.97. The summed E-state index contributed by atoms with van der Waals surface area (Å²) in [6.07, 6.45) is 3.18. The van der Waals surface area contributed by atoms with Gasteiger partial charge in [-0.1, -0.05) is 0 Å². The van der Waals surface area contributed by atoms with Crippen LogP contribution in [0.5, 0.6) is 0 Å². The third kappa shape index (κ3) is 2.48. The molecule has 2 N–H and O–H groups in total. The molecule has 2 rings (SSSR count). The Hall–Kier alpha value is -2.64. The van der Waals surface area contributed by atoms with Gasteiger partial charge in [0.25, 0.3) is 5.91 Å². The zero-order valence-electron chi connectivity index (χ0n) is 8.54. The maximum absolute atomic E-state index is 11.5. The van der Waals surface area contributed by atoms with E-state index in [0.29, 0.717) is 5.82 Å². The van der Waals surface area contributed by atoms with E-state index in [-0.39, 0.29) is 12.3 Å². The van der Waals surface area contributed by atoms with Crippen LogP contribution in [0.25, 0.3) is 0 Å². The topological polar surface area (TPSA) is 114 Å². The highest BCUT2D eigenvalue weighted by molar-refractivity contribution is 5.91. The van der Waals surface area contributed by atoms with E-state index in [2.05, 4.69) is 15.3 Å². The number of furan rings is 1. The summed E-state index contributed by atoms with van der Waals surface area (Å²) < 4.78 is 4.74. The van der Waals surface area contributed by atoms with Crippen molar-refractivity contribution in [3.8, 4) is 0 Å². The highest BCUT2D eigenvalue weighted by atomic mass is 16.6. The van der Waals surface area contributed by atoms with Gasteiger partial charge in [-0.2, -0.15) is 0 Å². The molecule has 1 amide bonds. The first kappa shape index (κ1) is 10.9. The van der Waals surface area contributed by atoms with Gasteiger partial charge in [-0.25, -0.2) is 4.98 Å². The number of carbonyl (C=O) groups is 1. The van der Waals surface area contributed by atoms with E-state index in [9.17, 15) is 14.9 Å². The van der Waals surface area contributed by atoms with Crippen LogP contribution in [0.2, 0.25) is 0 Å². The second-order valence-electron chi connectivity index (χ2n) is 3.11. The number of imidazole rings is 1. The van der Waals surface area contributed by atoms with E-state index in [0.717, 1.165) is 6.07 Å². The third-order valence-electron chi connectivity index (χ3n) is 1.97. The number of nitrogens with zero attached hydrogens (tertiary/aromatic N) is 2. The first-order valence-corrected chi connectivity index (χ1v) is 4.67. The maximum Gasteiger partial charge on any atom is 0.433 e. The molecule has 0 bridgehead atoms. The van der Waals surface area contributed by atoms with Crippen molar-refractivity contribution in [1.82, 2.24) is 15.3 Å². The average Bonchev–Trinajstić information content (AvgIpc) is 2.96. The number of H-pyrrole nitrogens is 1. The summed E-state index contributed by atoms with van der Waals surface area (Å²) in [6, 6.07) is 2.37. The van der Waals surface area contributed by atoms with Crippen LogP contribution in [0.1, 0.15) is 16.4 Å². The molecule has 0 fully saturated rings. The number of aromatic nitrogens is 2. The van der Waals surface area contributed by atoms with Gasteiger partial charge < -0.3 is 14.7 Å². The summed E-state index contributed by atoms with van der Waals surface area (Å²) in [6.45, 7) is 0.195. The van der Waals surface area contributed by atoms with Crippen LogP contribution >= 0.6 is 0 Å². The molecule has 0 saturated heterocycles. The maximum atomic E-state index is 11.5. The van der Waals surface area contributed by atoms with E-state index in [1.54, 1.807) is 12.4 Å². The summed E-state index contributed by atoms with van der Waals surface area (Å²) in [5.41, 5.74) is 0. The van der Waals surface area contributed by atoms with Crippen LogP contribution < -0.4 is 5.32 Å². The Balaban J connectivity index is 1.97. The van der Waals surface area contributed by atoms with Gasteiger partial charge in [-0.3, -0.25) is 14.9 Å². The van der Waals surface area contributed by atoms with Gasteiger partial charge in [0, 0.05) is 12.4 Å². The first-order chi connectivity index (χ1) is 8.16. The molecule has 0 saturated carbocycles. The van der Waals surface area contributed by atoms with Gasteiger partial charge in [0.1, 0.15) is 10.7 Å². The monoisotopic (exact) mass is 236 g/mol.